The summed E-state index contributed by atoms with van der Waals surface area (Å²) < 4.78 is 0. The number of nitrogens with zero attached hydrogens (tertiary/aromatic N) is 1. The average Bonchev–Trinajstić information content (AvgIpc) is 2.83. The van der Waals surface area contributed by atoms with Gasteiger partial charge >= 0.3 is 0 Å². The third kappa shape index (κ3) is 1.67. The molecule has 0 atom stereocenters. The number of hydrogen-bond acceptors (Lipinski definition) is 2. The van der Waals surface area contributed by atoms with Crippen molar-refractivity contribution in [2.45, 2.75) is 26.2 Å². The Labute approximate surface area is 106 Å². The fourth-order valence-electron chi connectivity index (χ4n) is 2.72. The second-order valence-electron chi connectivity index (χ2n) is 4.64. The van der Waals surface area contributed by atoms with Crippen LogP contribution >= 0.6 is 0 Å². The Kier molecular flexibility index (Phi) is 2.74. The van der Waals surface area contributed by atoms with Crippen molar-refractivity contribution in [3.8, 4) is 0 Å². The van der Waals surface area contributed by atoms with Gasteiger partial charge in [-0.25, -0.2) is 0 Å². The van der Waals surface area contributed by atoms with Gasteiger partial charge in [-0.3, -0.25) is 9.78 Å². The van der Waals surface area contributed by atoms with Gasteiger partial charge in [0, 0.05) is 17.6 Å². The molecule has 0 saturated carbocycles. The molecule has 0 radical (unpaired) electrons. The molecule has 0 saturated heterocycles. The van der Waals surface area contributed by atoms with Crippen LogP contribution in [-0.2, 0) is 12.8 Å². The summed E-state index contributed by atoms with van der Waals surface area (Å²) in [4.78, 5) is 17.0. The van der Waals surface area contributed by atoms with E-state index in [1.807, 2.05) is 31.2 Å². The Morgan fingerprint density at radius 1 is 1.33 bits per heavy atom. The number of carbonyl (C=O) groups is 1. The van der Waals surface area contributed by atoms with Crippen LogP contribution in [0.25, 0.3) is 10.9 Å². The minimum atomic E-state index is 0.0363. The molecule has 0 bridgehead atoms. The highest BCUT2D eigenvalue weighted by Gasteiger charge is 2.23. The molecule has 3 rings (SSSR count). The van der Waals surface area contributed by atoms with Crippen LogP contribution in [0, 0.1) is 0 Å². The first-order valence-corrected chi connectivity index (χ1v) is 6.50. The molecule has 1 aliphatic rings. The van der Waals surface area contributed by atoms with E-state index >= 15 is 0 Å². The molecule has 3 heteroatoms. The van der Waals surface area contributed by atoms with Gasteiger partial charge in [-0.1, -0.05) is 18.2 Å². The SMILES string of the molecule is CCNC(=O)c1c2c(nc3ccccc13)CCC2. The molecule has 0 unspecified atom stereocenters. The average molecular weight is 240 g/mol. The minimum Gasteiger partial charge on any atom is -0.352 e. The summed E-state index contributed by atoms with van der Waals surface area (Å²) in [5.74, 6) is 0.0363. The third-order valence-electron chi connectivity index (χ3n) is 3.48. The van der Waals surface area contributed by atoms with Crippen LogP contribution in [0.3, 0.4) is 0 Å². The molecule has 1 amide bonds. The van der Waals surface area contributed by atoms with Crippen molar-refractivity contribution in [2.75, 3.05) is 6.54 Å². The maximum absolute atomic E-state index is 12.3. The molecule has 1 aromatic carbocycles. The van der Waals surface area contributed by atoms with Crippen molar-refractivity contribution in [2.24, 2.45) is 0 Å². The first-order chi connectivity index (χ1) is 8.81. The lowest BCUT2D eigenvalue weighted by Crippen LogP contribution is -2.24. The molecule has 0 spiro atoms. The van der Waals surface area contributed by atoms with Crippen LogP contribution in [0.5, 0.6) is 0 Å². The number of rotatable bonds is 2. The highest BCUT2D eigenvalue weighted by Crippen LogP contribution is 2.29. The van der Waals surface area contributed by atoms with E-state index in [4.69, 9.17) is 0 Å². The topological polar surface area (TPSA) is 42.0 Å². The summed E-state index contributed by atoms with van der Waals surface area (Å²) in [6.07, 6.45) is 3.07. The smallest absolute Gasteiger partial charge is 0.252 e. The summed E-state index contributed by atoms with van der Waals surface area (Å²) in [5.41, 5.74) is 4.03. The highest BCUT2D eigenvalue weighted by molar-refractivity contribution is 6.07. The number of hydrogen-bond donors (Lipinski definition) is 1. The molecule has 3 nitrogen and oxygen atoms in total. The largest absolute Gasteiger partial charge is 0.352 e. The number of benzene rings is 1. The number of pyridine rings is 1. The molecule has 92 valence electrons. The number of carbonyl (C=O) groups excluding carboxylic acids is 1. The summed E-state index contributed by atoms with van der Waals surface area (Å²) in [7, 11) is 0. The van der Waals surface area contributed by atoms with Crippen molar-refractivity contribution >= 4 is 16.8 Å². The van der Waals surface area contributed by atoms with Crippen molar-refractivity contribution in [3.63, 3.8) is 0 Å². The minimum absolute atomic E-state index is 0.0363. The summed E-state index contributed by atoms with van der Waals surface area (Å²) in [6, 6.07) is 7.91. The van der Waals surface area contributed by atoms with Crippen molar-refractivity contribution in [1.29, 1.82) is 0 Å². The Morgan fingerprint density at radius 3 is 3.00 bits per heavy atom. The first kappa shape index (κ1) is 11.2. The number of fused-ring (bicyclic) bond motifs is 2. The fraction of sp³-hybridized carbons (Fsp3) is 0.333. The van der Waals surface area contributed by atoms with E-state index in [1.54, 1.807) is 0 Å². The normalized spacial score (nSPS) is 13.6. The lowest BCUT2D eigenvalue weighted by Gasteiger charge is -2.11. The predicted octanol–water partition coefficient (Wildman–Crippen LogP) is 2.47. The van der Waals surface area contributed by atoms with E-state index in [0.717, 1.165) is 47.0 Å². The van der Waals surface area contributed by atoms with Gasteiger partial charge in [0.15, 0.2) is 0 Å². The summed E-state index contributed by atoms with van der Waals surface area (Å²) in [5, 5.41) is 3.89. The predicted molar refractivity (Wildman–Crippen MR) is 71.8 cm³/mol. The van der Waals surface area contributed by atoms with E-state index in [9.17, 15) is 4.79 Å². The molecule has 1 aliphatic carbocycles. The van der Waals surface area contributed by atoms with Gasteiger partial charge in [-0.2, -0.15) is 0 Å². The monoisotopic (exact) mass is 240 g/mol. The van der Waals surface area contributed by atoms with Crippen LogP contribution in [0.2, 0.25) is 0 Å². The maximum atomic E-state index is 12.3. The highest BCUT2D eigenvalue weighted by atomic mass is 16.1. The van der Waals surface area contributed by atoms with Gasteiger partial charge in [0.2, 0.25) is 0 Å². The molecule has 1 aromatic heterocycles. The zero-order valence-corrected chi connectivity index (χ0v) is 10.5. The molecule has 0 fully saturated rings. The van der Waals surface area contributed by atoms with E-state index in [-0.39, 0.29) is 5.91 Å². The quantitative estimate of drug-likeness (QED) is 0.876. The standard InChI is InChI=1S/C15H16N2O/c1-2-16-15(18)14-10-6-3-4-8-12(10)17-13-9-5-7-11(13)14/h3-4,6,8H,2,5,7,9H2,1H3,(H,16,18). The molecule has 1 N–H and O–H groups in total. The van der Waals surface area contributed by atoms with Crippen LogP contribution in [0.1, 0.15) is 35.0 Å². The van der Waals surface area contributed by atoms with Gasteiger partial charge < -0.3 is 5.32 Å². The van der Waals surface area contributed by atoms with E-state index in [0.29, 0.717) is 6.54 Å². The number of aromatic nitrogens is 1. The molecular formula is C15H16N2O. The van der Waals surface area contributed by atoms with Crippen LogP contribution in [0.15, 0.2) is 24.3 Å². The zero-order chi connectivity index (χ0) is 12.5. The fourth-order valence-corrected chi connectivity index (χ4v) is 2.72. The first-order valence-electron chi connectivity index (χ1n) is 6.50. The van der Waals surface area contributed by atoms with Crippen LogP contribution in [0.4, 0.5) is 0 Å². The Bertz CT molecular complexity index is 619. The third-order valence-corrected chi connectivity index (χ3v) is 3.48. The summed E-state index contributed by atoms with van der Waals surface area (Å²) >= 11 is 0. The molecule has 2 aromatic rings. The van der Waals surface area contributed by atoms with Gasteiger partial charge in [-0.15, -0.1) is 0 Å². The van der Waals surface area contributed by atoms with Gasteiger partial charge in [0.25, 0.3) is 5.91 Å². The lowest BCUT2D eigenvalue weighted by molar-refractivity contribution is 0.0956. The second kappa shape index (κ2) is 4.41. The van der Waals surface area contributed by atoms with E-state index < -0.39 is 0 Å². The lowest BCUT2D eigenvalue weighted by atomic mass is 10.0. The maximum Gasteiger partial charge on any atom is 0.252 e. The number of para-hydroxylation sites is 1. The van der Waals surface area contributed by atoms with Gasteiger partial charge in [-0.05, 0) is 37.8 Å². The molecule has 1 heterocycles. The second-order valence-corrected chi connectivity index (χ2v) is 4.64. The number of amides is 1. The van der Waals surface area contributed by atoms with Crippen molar-refractivity contribution in [1.82, 2.24) is 10.3 Å². The Hall–Kier alpha value is -1.90. The Morgan fingerprint density at radius 2 is 2.17 bits per heavy atom. The summed E-state index contributed by atoms with van der Waals surface area (Å²) in [6.45, 7) is 2.60. The van der Waals surface area contributed by atoms with Gasteiger partial charge in [0.1, 0.15) is 0 Å². The van der Waals surface area contributed by atoms with Crippen molar-refractivity contribution < 1.29 is 4.79 Å². The van der Waals surface area contributed by atoms with E-state index in [2.05, 4.69) is 10.3 Å². The number of nitrogens with one attached hydrogen (secondary N) is 1. The van der Waals surface area contributed by atoms with Gasteiger partial charge in [0.05, 0.1) is 11.1 Å². The van der Waals surface area contributed by atoms with Crippen molar-refractivity contribution in [3.05, 3.63) is 41.1 Å². The van der Waals surface area contributed by atoms with E-state index in [1.165, 1.54) is 0 Å². The Balaban J connectivity index is 2.29. The van der Waals surface area contributed by atoms with Crippen LogP contribution in [-0.4, -0.2) is 17.4 Å². The molecular weight excluding hydrogens is 224 g/mol. The zero-order valence-electron chi connectivity index (χ0n) is 10.5. The number of aryl methyl sites for hydroxylation is 1. The molecule has 0 aliphatic heterocycles. The molecule has 18 heavy (non-hydrogen) atoms. The van der Waals surface area contributed by atoms with Crippen LogP contribution < -0.4 is 5.32 Å².